The first-order valence-electron chi connectivity index (χ1n) is 11.6. The van der Waals surface area contributed by atoms with Gasteiger partial charge in [-0.2, -0.15) is 13.2 Å². The van der Waals surface area contributed by atoms with Crippen LogP contribution in [0.4, 0.5) is 13.2 Å². The lowest BCUT2D eigenvalue weighted by molar-refractivity contribution is -0.137. The molecule has 36 heavy (non-hydrogen) atoms. The maximum atomic E-state index is 12.9. The highest BCUT2D eigenvalue weighted by Gasteiger charge is 2.30. The highest BCUT2D eigenvalue weighted by Crippen LogP contribution is 2.33. The van der Waals surface area contributed by atoms with Gasteiger partial charge < -0.3 is 5.32 Å². The summed E-state index contributed by atoms with van der Waals surface area (Å²) in [5.41, 5.74) is 0.718. The van der Waals surface area contributed by atoms with E-state index in [0.29, 0.717) is 16.9 Å². The van der Waals surface area contributed by atoms with Gasteiger partial charge in [0.2, 0.25) is 0 Å². The molecule has 3 aromatic heterocycles. The number of aryl methyl sites for hydroxylation is 1. The van der Waals surface area contributed by atoms with E-state index >= 15 is 0 Å². The van der Waals surface area contributed by atoms with E-state index in [4.69, 9.17) is 0 Å². The van der Waals surface area contributed by atoms with Crippen LogP contribution in [0.5, 0.6) is 0 Å². The van der Waals surface area contributed by atoms with Crippen molar-refractivity contribution in [2.24, 2.45) is 0 Å². The number of benzene rings is 1. The standard InChI is InChI=1S/C25H25F3N6OS/c26-25(27,28)18-8-9-20-22(15-18)30-12-10-23(20)36-14-6-2-1-5-13-34-17-19(32-33-34)16-31-24(35)21-7-3-4-11-29-21/h3-4,7-12,15,17H,1-2,5-6,13-14,16H2,(H,31,35). The van der Waals surface area contributed by atoms with Crippen LogP contribution in [-0.4, -0.2) is 36.6 Å². The zero-order chi connectivity index (χ0) is 25.4. The summed E-state index contributed by atoms with van der Waals surface area (Å²) in [6, 6.07) is 10.7. The van der Waals surface area contributed by atoms with E-state index in [1.54, 1.807) is 47.0 Å². The molecule has 11 heteroatoms. The fourth-order valence-electron chi connectivity index (χ4n) is 3.62. The van der Waals surface area contributed by atoms with Gasteiger partial charge in [0.05, 0.1) is 23.8 Å². The Morgan fingerprint density at radius 2 is 1.86 bits per heavy atom. The first-order valence-corrected chi connectivity index (χ1v) is 12.6. The second-order valence-corrected chi connectivity index (χ2v) is 9.31. The molecule has 0 atom stereocenters. The van der Waals surface area contributed by atoms with Crippen molar-refractivity contribution in [3.63, 3.8) is 0 Å². The van der Waals surface area contributed by atoms with Crippen molar-refractivity contribution >= 4 is 28.6 Å². The van der Waals surface area contributed by atoms with Crippen LogP contribution in [0.1, 0.15) is 47.4 Å². The van der Waals surface area contributed by atoms with Gasteiger partial charge in [-0.05, 0) is 48.9 Å². The zero-order valence-corrected chi connectivity index (χ0v) is 20.2. The monoisotopic (exact) mass is 514 g/mol. The number of pyridine rings is 2. The van der Waals surface area contributed by atoms with Crippen LogP contribution in [0.3, 0.4) is 0 Å². The Morgan fingerprint density at radius 3 is 2.67 bits per heavy atom. The second kappa shape index (κ2) is 12.0. The molecule has 1 aromatic carbocycles. The van der Waals surface area contributed by atoms with Crippen LogP contribution in [0.15, 0.2) is 66.0 Å². The highest BCUT2D eigenvalue weighted by molar-refractivity contribution is 7.99. The number of hydrogen-bond acceptors (Lipinski definition) is 6. The molecular formula is C25H25F3N6OS. The summed E-state index contributed by atoms with van der Waals surface area (Å²) < 4.78 is 40.6. The van der Waals surface area contributed by atoms with Crippen LogP contribution in [0.2, 0.25) is 0 Å². The summed E-state index contributed by atoms with van der Waals surface area (Å²) in [4.78, 5) is 21.1. The Hall–Kier alpha value is -3.47. The number of carbonyl (C=O) groups excluding carboxylic acids is 1. The number of thioether (sulfide) groups is 1. The number of alkyl halides is 3. The third kappa shape index (κ3) is 7.03. The van der Waals surface area contributed by atoms with Crippen LogP contribution >= 0.6 is 11.8 Å². The van der Waals surface area contributed by atoms with Gasteiger partial charge in [-0.3, -0.25) is 19.4 Å². The lowest BCUT2D eigenvalue weighted by Gasteiger charge is -2.10. The number of fused-ring (bicyclic) bond motifs is 1. The molecule has 0 radical (unpaired) electrons. The Morgan fingerprint density at radius 1 is 1.00 bits per heavy atom. The van der Waals surface area contributed by atoms with Crippen LogP contribution in [-0.2, 0) is 19.3 Å². The van der Waals surface area contributed by atoms with Crippen molar-refractivity contribution in [3.8, 4) is 0 Å². The summed E-state index contributed by atoms with van der Waals surface area (Å²) in [6.07, 6.45) is 4.59. The largest absolute Gasteiger partial charge is 0.416 e. The maximum Gasteiger partial charge on any atom is 0.416 e. The lowest BCUT2D eigenvalue weighted by Crippen LogP contribution is -2.23. The van der Waals surface area contributed by atoms with Crippen molar-refractivity contribution in [1.29, 1.82) is 0 Å². The van der Waals surface area contributed by atoms with E-state index in [1.165, 1.54) is 6.07 Å². The summed E-state index contributed by atoms with van der Waals surface area (Å²) in [6.45, 7) is 1.03. The average molecular weight is 515 g/mol. The van der Waals surface area contributed by atoms with E-state index in [9.17, 15) is 18.0 Å². The molecule has 0 aliphatic rings. The normalized spacial score (nSPS) is 11.6. The Kier molecular flexibility index (Phi) is 8.52. The van der Waals surface area contributed by atoms with Gasteiger partial charge in [0.1, 0.15) is 11.4 Å². The SMILES string of the molecule is O=C(NCc1cn(CCCCCCSc2ccnc3cc(C(F)(F)F)ccc23)nn1)c1ccccn1. The number of hydrogen-bond donors (Lipinski definition) is 1. The number of unbranched alkanes of at least 4 members (excludes halogenated alkanes) is 3. The number of halogens is 3. The van der Waals surface area contributed by atoms with Crippen molar-refractivity contribution in [3.05, 3.63) is 78.0 Å². The molecule has 4 rings (SSSR count). The van der Waals surface area contributed by atoms with Gasteiger partial charge in [0.15, 0.2) is 0 Å². The maximum absolute atomic E-state index is 12.9. The molecule has 0 aliphatic carbocycles. The summed E-state index contributed by atoms with van der Waals surface area (Å²) in [5.74, 6) is 0.623. The van der Waals surface area contributed by atoms with Gasteiger partial charge in [-0.1, -0.05) is 30.2 Å². The molecule has 0 unspecified atom stereocenters. The van der Waals surface area contributed by atoms with E-state index in [-0.39, 0.29) is 12.5 Å². The van der Waals surface area contributed by atoms with Gasteiger partial charge in [0, 0.05) is 29.2 Å². The summed E-state index contributed by atoms with van der Waals surface area (Å²) >= 11 is 1.64. The summed E-state index contributed by atoms with van der Waals surface area (Å²) in [7, 11) is 0. The Bertz CT molecular complexity index is 1300. The molecule has 4 aromatic rings. The molecule has 0 saturated heterocycles. The van der Waals surface area contributed by atoms with Gasteiger partial charge in [0.25, 0.3) is 5.91 Å². The minimum absolute atomic E-state index is 0.256. The summed E-state index contributed by atoms with van der Waals surface area (Å²) in [5, 5.41) is 11.7. The number of carbonyl (C=O) groups is 1. The van der Waals surface area contributed by atoms with E-state index in [1.807, 2.05) is 12.3 Å². The zero-order valence-electron chi connectivity index (χ0n) is 19.4. The lowest BCUT2D eigenvalue weighted by atomic mass is 10.1. The fraction of sp³-hybridized carbons (Fsp3) is 0.320. The smallest absolute Gasteiger partial charge is 0.345 e. The molecule has 0 spiro atoms. The molecule has 0 aliphatic heterocycles. The average Bonchev–Trinajstić information content (AvgIpc) is 3.34. The number of nitrogens with one attached hydrogen (secondary N) is 1. The third-order valence-electron chi connectivity index (χ3n) is 5.48. The molecule has 1 N–H and O–H groups in total. The Balaban J connectivity index is 1.14. The molecule has 3 heterocycles. The third-order valence-corrected chi connectivity index (χ3v) is 6.64. The van der Waals surface area contributed by atoms with Crippen LogP contribution in [0.25, 0.3) is 10.9 Å². The number of aromatic nitrogens is 5. The minimum atomic E-state index is -4.37. The van der Waals surface area contributed by atoms with Gasteiger partial charge >= 0.3 is 6.18 Å². The molecule has 7 nitrogen and oxygen atoms in total. The van der Waals surface area contributed by atoms with E-state index in [0.717, 1.165) is 60.4 Å². The van der Waals surface area contributed by atoms with E-state index in [2.05, 4.69) is 25.6 Å². The van der Waals surface area contributed by atoms with Crippen LogP contribution in [0, 0.1) is 0 Å². The first kappa shape index (κ1) is 25.6. The topological polar surface area (TPSA) is 85.6 Å². The van der Waals surface area contributed by atoms with Gasteiger partial charge in [-0.25, -0.2) is 0 Å². The number of rotatable bonds is 11. The first-order chi connectivity index (χ1) is 17.4. The quantitative estimate of drug-likeness (QED) is 0.209. The number of amides is 1. The van der Waals surface area contributed by atoms with Crippen molar-refractivity contribution in [2.45, 2.75) is 49.8 Å². The predicted octanol–water partition coefficient (Wildman–Crippen LogP) is 5.52. The number of nitrogens with zero attached hydrogens (tertiary/aromatic N) is 5. The van der Waals surface area contributed by atoms with E-state index < -0.39 is 11.7 Å². The molecule has 0 bridgehead atoms. The minimum Gasteiger partial charge on any atom is -0.345 e. The van der Waals surface area contributed by atoms with Crippen LogP contribution < -0.4 is 5.32 Å². The van der Waals surface area contributed by atoms with Crippen molar-refractivity contribution in [2.75, 3.05) is 5.75 Å². The molecule has 188 valence electrons. The van der Waals surface area contributed by atoms with Gasteiger partial charge in [-0.15, -0.1) is 16.9 Å². The molecule has 0 saturated carbocycles. The molecule has 1 amide bonds. The molecular weight excluding hydrogens is 489 g/mol. The fourth-order valence-corrected chi connectivity index (χ4v) is 4.68. The second-order valence-electron chi connectivity index (χ2n) is 8.17. The predicted molar refractivity (Wildman–Crippen MR) is 131 cm³/mol. The van der Waals surface area contributed by atoms with Crippen molar-refractivity contribution < 1.29 is 18.0 Å². The van der Waals surface area contributed by atoms with Crippen molar-refractivity contribution in [1.82, 2.24) is 30.3 Å². The Labute approximate surface area is 210 Å². The highest BCUT2D eigenvalue weighted by atomic mass is 32.2. The molecule has 0 fully saturated rings.